The van der Waals surface area contributed by atoms with Crippen LogP contribution in [0.2, 0.25) is 0 Å². The van der Waals surface area contributed by atoms with Gasteiger partial charge in [-0.2, -0.15) is 0 Å². The average molecular weight is 309 g/mol. The number of likely N-dealkylation sites (tertiary alicyclic amines) is 1. The summed E-state index contributed by atoms with van der Waals surface area (Å²) in [6, 6.07) is 0.699. The summed E-state index contributed by atoms with van der Waals surface area (Å²) in [6.45, 7) is 12.1. The Balaban J connectivity index is 1.56. The van der Waals surface area contributed by atoms with Crippen LogP contribution in [0.15, 0.2) is 6.20 Å². The first-order valence-corrected chi connectivity index (χ1v) is 8.95. The fourth-order valence-corrected chi connectivity index (χ4v) is 4.54. The van der Waals surface area contributed by atoms with Gasteiger partial charge >= 0.3 is 0 Å². The molecule has 0 aliphatic carbocycles. The van der Waals surface area contributed by atoms with Gasteiger partial charge in [0, 0.05) is 43.3 Å². The summed E-state index contributed by atoms with van der Waals surface area (Å²) < 4.78 is 5.84. The van der Waals surface area contributed by atoms with Crippen LogP contribution in [0.3, 0.4) is 0 Å². The molecule has 0 saturated carbocycles. The highest BCUT2D eigenvalue weighted by atomic mass is 32.1. The molecule has 2 aliphatic heterocycles. The monoisotopic (exact) mass is 309 g/mol. The Labute approximate surface area is 132 Å². The lowest BCUT2D eigenvalue weighted by Crippen LogP contribution is -2.49. The molecule has 3 rings (SSSR count). The van der Waals surface area contributed by atoms with Gasteiger partial charge in [-0.05, 0) is 40.2 Å². The third-order valence-corrected chi connectivity index (χ3v) is 5.39. The van der Waals surface area contributed by atoms with E-state index in [2.05, 4.69) is 35.6 Å². The summed E-state index contributed by atoms with van der Waals surface area (Å²) >= 11 is 1.84. The maximum atomic E-state index is 5.84. The van der Waals surface area contributed by atoms with Crippen LogP contribution >= 0.6 is 11.3 Å². The Morgan fingerprint density at radius 3 is 2.76 bits per heavy atom. The van der Waals surface area contributed by atoms with Gasteiger partial charge in [0.05, 0.1) is 17.2 Å². The van der Waals surface area contributed by atoms with Gasteiger partial charge in [0.15, 0.2) is 0 Å². The Kier molecular flexibility index (Phi) is 4.94. The van der Waals surface area contributed by atoms with Gasteiger partial charge in [-0.15, -0.1) is 11.3 Å². The number of hydrogen-bond acceptors (Lipinski definition) is 5. The molecular formula is C16H27N3OS. The van der Waals surface area contributed by atoms with Crippen LogP contribution in [-0.4, -0.2) is 59.2 Å². The molecule has 0 unspecified atom stereocenters. The smallest absolute Gasteiger partial charge is 0.0897 e. The molecule has 0 N–H and O–H groups in total. The highest BCUT2D eigenvalue weighted by molar-refractivity contribution is 7.11. The molecular weight excluding hydrogens is 282 g/mol. The van der Waals surface area contributed by atoms with Crippen LogP contribution in [0, 0.1) is 6.92 Å². The fourth-order valence-electron chi connectivity index (χ4n) is 3.72. The summed E-state index contributed by atoms with van der Waals surface area (Å²) in [6.07, 6.45) is 5.45. The average Bonchev–Trinajstić information content (AvgIpc) is 2.99. The minimum Gasteiger partial charge on any atom is -0.373 e. The predicted molar refractivity (Wildman–Crippen MR) is 86.7 cm³/mol. The number of aromatic nitrogens is 1. The van der Waals surface area contributed by atoms with E-state index in [0.717, 1.165) is 19.6 Å². The minimum atomic E-state index is 0.368. The van der Waals surface area contributed by atoms with E-state index in [1.54, 1.807) is 0 Å². The molecule has 2 aliphatic rings. The van der Waals surface area contributed by atoms with Crippen LogP contribution < -0.4 is 0 Å². The highest BCUT2D eigenvalue weighted by Crippen LogP contribution is 2.24. The van der Waals surface area contributed by atoms with Gasteiger partial charge in [-0.25, -0.2) is 4.98 Å². The second kappa shape index (κ2) is 6.73. The Bertz CT molecular complexity index is 454. The van der Waals surface area contributed by atoms with Crippen molar-refractivity contribution >= 4 is 11.3 Å². The molecule has 0 spiro atoms. The molecule has 0 radical (unpaired) electrons. The van der Waals surface area contributed by atoms with Crippen molar-refractivity contribution in [3.8, 4) is 0 Å². The zero-order valence-corrected chi connectivity index (χ0v) is 14.2. The number of aryl methyl sites for hydroxylation is 1. The molecule has 2 saturated heterocycles. The second-order valence-corrected chi connectivity index (χ2v) is 7.91. The lowest BCUT2D eigenvalue weighted by Gasteiger charge is -2.38. The molecule has 5 heteroatoms. The van der Waals surface area contributed by atoms with Crippen molar-refractivity contribution in [3.63, 3.8) is 0 Å². The van der Waals surface area contributed by atoms with E-state index in [4.69, 9.17) is 4.74 Å². The van der Waals surface area contributed by atoms with Gasteiger partial charge in [-0.3, -0.25) is 9.80 Å². The van der Waals surface area contributed by atoms with E-state index < -0.39 is 0 Å². The predicted octanol–water partition coefficient (Wildman–Crippen LogP) is 2.53. The van der Waals surface area contributed by atoms with Crippen molar-refractivity contribution in [2.24, 2.45) is 0 Å². The number of hydrogen-bond donors (Lipinski definition) is 0. The quantitative estimate of drug-likeness (QED) is 0.854. The van der Waals surface area contributed by atoms with Crippen LogP contribution in [0.1, 0.15) is 36.6 Å². The zero-order valence-electron chi connectivity index (χ0n) is 13.4. The Morgan fingerprint density at radius 1 is 1.33 bits per heavy atom. The number of morpholine rings is 1. The molecule has 0 bridgehead atoms. The van der Waals surface area contributed by atoms with E-state index in [0.29, 0.717) is 18.2 Å². The van der Waals surface area contributed by atoms with Gasteiger partial charge in [0.2, 0.25) is 0 Å². The number of ether oxygens (including phenoxy) is 1. The highest BCUT2D eigenvalue weighted by Gasteiger charge is 2.30. The van der Waals surface area contributed by atoms with Crippen molar-refractivity contribution in [1.82, 2.24) is 14.8 Å². The Morgan fingerprint density at radius 2 is 2.10 bits per heavy atom. The molecule has 21 heavy (non-hydrogen) atoms. The molecule has 118 valence electrons. The van der Waals surface area contributed by atoms with Crippen molar-refractivity contribution < 1.29 is 4.74 Å². The first-order chi connectivity index (χ1) is 10.1. The second-order valence-electron chi connectivity index (χ2n) is 6.59. The molecule has 0 aromatic carbocycles. The first kappa shape index (κ1) is 15.4. The van der Waals surface area contributed by atoms with E-state index in [1.807, 2.05) is 17.5 Å². The molecule has 3 atom stereocenters. The Hall–Kier alpha value is -0.490. The summed E-state index contributed by atoms with van der Waals surface area (Å²) in [4.78, 5) is 11.0. The third-order valence-electron chi connectivity index (χ3n) is 4.49. The lowest BCUT2D eigenvalue weighted by atomic mass is 10.1. The van der Waals surface area contributed by atoms with Crippen molar-refractivity contribution in [2.75, 3.05) is 26.2 Å². The molecule has 2 fully saturated rings. The van der Waals surface area contributed by atoms with E-state index in [9.17, 15) is 0 Å². The van der Waals surface area contributed by atoms with E-state index in [1.165, 1.54) is 35.8 Å². The summed E-state index contributed by atoms with van der Waals surface area (Å²) in [5.41, 5.74) is 0. The third kappa shape index (κ3) is 4.03. The minimum absolute atomic E-state index is 0.368. The van der Waals surface area contributed by atoms with E-state index in [-0.39, 0.29) is 0 Å². The van der Waals surface area contributed by atoms with Crippen LogP contribution in [0.4, 0.5) is 0 Å². The van der Waals surface area contributed by atoms with Crippen LogP contribution in [-0.2, 0) is 11.3 Å². The fraction of sp³-hybridized carbons (Fsp3) is 0.812. The van der Waals surface area contributed by atoms with Crippen LogP contribution in [0.5, 0.6) is 0 Å². The van der Waals surface area contributed by atoms with Crippen molar-refractivity contribution in [3.05, 3.63) is 16.1 Å². The van der Waals surface area contributed by atoms with Gasteiger partial charge in [-0.1, -0.05) is 0 Å². The molecule has 3 heterocycles. The van der Waals surface area contributed by atoms with Crippen molar-refractivity contribution in [1.29, 1.82) is 0 Å². The lowest BCUT2D eigenvalue weighted by molar-refractivity contribution is -0.0724. The van der Waals surface area contributed by atoms with Crippen LogP contribution in [0.25, 0.3) is 0 Å². The molecule has 1 aromatic rings. The summed E-state index contributed by atoms with van der Waals surface area (Å²) in [5, 5.41) is 1.18. The number of nitrogens with zero attached hydrogens (tertiary/aromatic N) is 3. The van der Waals surface area contributed by atoms with Gasteiger partial charge in [0.25, 0.3) is 0 Å². The number of rotatable bonds is 4. The van der Waals surface area contributed by atoms with Gasteiger partial charge < -0.3 is 4.74 Å². The maximum absolute atomic E-state index is 5.84. The molecule has 0 amide bonds. The first-order valence-electron chi connectivity index (χ1n) is 8.13. The molecule has 4 nitrogen and oxygen atoms in total. The molecule has 1 aromatic heterocycles. The number of thiazole rings is 1. The topological polar surface area (TPSA) is 28.6 Å². The van der Waals surface area contributed by atoms with E-state index >= 15 is 0 Å². The standard InChI is InChI=1S/C16H27N3OS/c1-12-8-18(9-13(2)20-12)10-15-5-4-6-19(15)11-16-7-17-14(3)21-16/h7,12-13,15H,4-6,8-11H2,1-3H3/t12-,13+,15-/m0/s1. The zero-order chi connectivity index (χ0) is 14.8. The maximum Gasteiger partial charge on any atom is 0.0897 e. The SMILES string of the molecule is Cc1ncc(CN2CCC[C@H]2CN2C[C@@H](C)O[C@@H](C)C2)s1. The van der Waals surface area contributed by atoms with Crippen molar-refractivity contribution in [2.45, 2.75) is 58.4 Å². The normalized spacial score (nSPS) is 31.9. The van der Waals surface area contributed by atoms with Gasteiger partial charge in [0.1, 0.15) is 0 Å². The largest absolute Gasteiger partial charge is 0.373 e. The summed E-state index contributed by atoms with van der Waals surface area (Å²) in [5.74, 6) is 0. The summed E-state index contributed by atoms with van der Waals surface area (Å²) in [7, 11) is 0.